The van der Waals surface area contributed by atoms with Crippen molar-refractivity contribution < 1.29 is 4.79 Å². The van der Waals surface area contributed by atoms with E-state index in [1.165, 1.54) is 12.8 Å². The predicted octanol–water partition coefficient (Wildman–Crippen LogP) is 0.244. The molecule has 2 saturated heterocycles. The molecule has 1 N–H and O–H groups in total. The lowest BCUT2D eigenvalue weighted by Crippen LogP contribution is -2.41. The fraction of sp³-hybridized carbons (Fsp3) is 0.667. The Kier molecular flexibility index (Phi) is 2.63. The van der Waals surface area contributed by atoms with Gasteiger partial charge in [-0.05, 0) is 25.3 Å². The minimum Gasteiger partial charge on any atom is -0.334 e. The number of likely N-dealkylation sites (tertiary alicyclic amines) is 1. The van der Waals surface area contributed by atoms with Crippen LogP contribution >= 0.6 is 0 Å². The largest absolute Gasteiger partial charge is 0.334 e. The zero-order valence-electron chi connectivity index (χ0n) is 10.1. The van der Waals surface area contributed by atoms with Crippen LogP contribution in [-0.4, -0.2) is 46.0 Å². The van der Waals surface area contributed by atoms with Gasteiger partial charge in [0.2, 0.25) is 0 Å². The molecule has 5 heteroatoms. The second-order valence-corrected chi connectivity index (χ2v) is 5.03. The second kappa shape index (κ2) is 4.14. The molecule has 1 aromatic heterocycles. The Morgan fingerprint density at radius 1 is 1.53 bits per heavy atom. The van der Waals surface area contributed by atoms with Gasteiger partial charge in [0, 0.05) is 38.6 Å². The summed E-state index contributed by atoms with van der Waals surface area (Å²) in [5.41, 5.74) is 0. The van der Waals surface area contributed by atoms with E-state index in [0.29, 0.717) is 17.8 Å². The summed E-state index contributed by atoms with van der Waals surface area (Å²) in [6, 6.07) is 0.493. The van der Waals surface area contributed by atoms with E-state index in [2.05, 4.69) is 10.3 Å². The number of fused-ring (bicyclic) bond motifs is 1. The number of imidazole rings is 1. The van der Waals surface area contributed by atoms with E-state index >= 15 is 0 Å². The Morgan fingerprint density at radius 2 is 2.41 bits per heavy atom. The molecule has 5 nitrogen and oxygen atoms in total. The van der Waals surface area contributed by atoms with Crippen molar-refractivity contribution in [3.05, 3.63) is 18.2 Å². The zero-order valence-corrected chi connectivity index (χ0v) is 10.1. The van der Waals surface area contributed by atoms with Crippen molar-refractivity contribution in [3.63, 3.8) is 0 Å². The van der Waals surface area contributed by atoms with Gasteiger partial charge in [-0.2, -0.15) is 0 Å². The van der Waals surface area contributed by atoms with Gasteiger partial charge in [-0.1, -0.05) is 0 Å². The Labute approximate surface area is 101 Å². The summed E-state index contributed by atoms with van der Waals surface area (Å²) in [4.78, 5) is 18.4. The molecule has 3 heterocycles. The summed E-state index contributed by atoms with van der Waals surface area (Å²) in [5, 5.41) is 3.50. The summed E-state index contributed by atoms with van der Waals surface area (Å²) in [5.74, 6) is 1.24. The topological polar surface area (TPSA) is 50.2 Å². The van der Waals surface area contributed by atoms with E-state index in [0.717, 1.165) is 19.6 Å². The molecular formula is C12H18N4O. The monoisotopic (exact) mass is 234 g/mol. The average molecular weight is 234 g/mol. The Morgan fingerprint density at radius 3 is 3.12 bits per heavy atom. The van der Waals surface area contributed by atoms with Crippen molar-refractivity contribution in [2.45, 2.75) is 18.9 Å². The molecule has 17 heavy (non-hydrogen) atoms. The lowest BCUT2D eigenvalue weighted by molar-refractivity contribution is 0.0770. The normalized spacial score (nSPS) is 28.2. The van der Waals surface area contributed by atoms with Crippen LogP contribution in [-0.2, 0) is 7.05 Å². The van der Waals surface area contributed by atoms with Crippen LogP contribution in [0.1, 0.15) is 23.5 Å². The first-order valence-electron chi connectivity index (χ1n) is 6.25. The second-order valence-electron chi connectivity index (χ2n) is 5.03. The highest BCUT2D eigenvalue weighted by atomic mass is 16.2. The van der Waals surface area contributed by atoms with Crippen LogP contribution in [0.4, 0.5) is 0 Å². The lowest BCUT2D eigenvalue weighted by atomic mass is 9.94. The third-order valence-electron chi connectivity index (χ3n) is 3.90. The number of hydrogen-bond donors (Lipinski definition) is 1. The third-order valence-corrected chi connectivity index (χ3v) is 3.90. The molecule has 0 saturated carbocycles. The summed E-state index contributed by atoms with van der Waals surface area (Å²) in [6.45, 7) is 2.80. The fourth-order valence-electron chi connectivity index (χ4n) is 2.93. The number of aryl methyl sites for hydroxylation is 1. The van der Waals surface area contributed by atoms with E-state index < -0.39 is 0 Å². The molecule has 0 aliphatic carbocycles. The molecule has 0 spiro atoms. The predicted molar refractivity (Wildman–Crippen MR) is 63.6 cm³/mol. The number of piperidine rings is 1. The van der Waals surface area contributed by atoms with Crippen LogP contribution in [0.3, 0.4) is 0 Å². The highest BCUT2D eigenvalue weighted by molar-refractivity contribution is 5.91. The molecule has 2 fully saturated rings. The molecule has 1 aromatic rings. The number of aromatic nitrogens is 2. The first kappa shape index (κ1) is 10.8. The van der Waals surface area contributed by atoms with Crippen LogP contribution in [0.5, 0.6) is 0 Å². The number of nitrogens with one attached hydrogen (secondary N) is 1. The van der Waals surface area contributed by atoms with Gasteiger partial charge in [-0.15, -0.1) is 0 Å². The van der Waals surface area contributed by atoms with Crippen molar-refractivity contribution in [2.24, 2.45) is 13.0 Å². The van der Waals surface area contributed by atoms with Crippen LogP contribution < -0.4 is 5.32 Å². The molecule has 0 bridgehead atoms. The molecule has 0 unspecified atom stereocenters. The maximum atomic E-state index is 12.3. The summed E-state index contributed by atoms with van der Waals surface area (Å²) in [6.07, 6.45) is 5.96. The minimum absolute atomic E-state index is 0.0636. The van der Waals surface area contributed by atoms with Crippen molar-refractivity contribution in [2.75, 3.05) is 19.6 Å². The first-order chi connectivity index (χ1) is 8.25. The first-order valence-corrected chi connectivity index (χ1v) is 6.25. The van der Waals surface area contributed by atoms with Crippen molar-refractivity contribution >= 4 is 5.91 Å². The summed E-state index contributed by atoms with van der Waals surface area (Å²) in [7, 11) is 1.86. The summed E-state index contributed by atoms with van der Waals surface area (Å²) >= 11 is 0. The molecule has 2 aliphatic heterocycles. The average Bonchev–Trinajstić information content (AvgIpc) is 2.93. The number of carbonyl (C=O) groups is 1. The molecule has 2 atom stereocenters. The van der Waals surface area contributed by atoms with Gasteiger partial charge in [0.05, 0.1) is 0 Å². The van der Waals surface area contributed by atoms with E-state index in [1.807, 2.05) is 18.1 Å². The van der Waals surface area contributed by atoms with Gasteiger partial charge < -0.3 is 14.8 Å². The molecule has 0 radical (unpaired) electrons. The van der Waals surface area contributed by atoms with Gasteiger partial charge in [0.15, 0.2) is 5.82 Å². The molecule has 1 amide bonds. The van der Waals surface area contributed by atoms with Gasteiger partial charge in [-0.3, -0.25) is 4.79 Å². The van der Waals surface area contributed by atoms with E-state index in [4.69, 9.17) is 0 Å². The third kappa shape index (κ3) is 1.84. The maximum absolute atomic E-state index is 12.3. The van der Waals surface area contributed by atoms with Gasteiger partial charge >= 0.3 is 0 Å². The number of amides is 1. The number of hydrogen-bond acceptors (Lipinski definition) is 3. The Hall–Kier alpha value is -1.36. The number of nitrogens with zero attached hydrogens (tertiary/aromatic N) is 3. The lowest BCUT2D eigenvalue weighted by Gasteiger charge is -2.24. The van der Waals surface area contributed by atoms with Crippen LogP contribution in [0.2, 0.25) is 0 Å². The SMILES string of the molecule is Cn1ccnc1C(=O)N1C[C@@H]2CCCN[C@@H]2C1. The Bertz CT molecular complexity index is 414. The highest BCUT2D eigenvalue weighted by Gasteiger charge is 2.37. The van der Waals surface area contributed by atoms with Crippen LogP contribution in [0.15, 0.2) is 12.4 Å². The van der Waals surface area contributed by atoms with Crippen LogP contribution in [0, 0.1) is 5.92 Å². The van der Waals surface area contributed by atoms with Crippen molar-refractivity contribution in [1.82, 2.24) is 19.8 Å². The smallest absolute Gasteiger partial charge is 0.289 e. The maximum Gasteiger partial charge on any atom is 0.289 e. The van der Waals surface area contributed by atoms with Gasteiger partial charge in [-0.25, -0.2) is 4.98 Å². The van der Waals surface area contributed by atoms with Crippen LogP contribution in [0.25, 0.3) is 0 Å². The molecular weight excluding hydrogens is 216 g/mol. The zero-order chi connectivity index (χ0) is 11.8. The molecule has 92 valence electrons. The fourth-order valence-corrected chi connectivity index (χ4v) is 2.93. The quantitative estimate of drug-likeness (QED) is 0.757. The van der Waals surface area contributed by atoms with Crippen molar-refractivity contribution in [3.8, 4) is 0 Å². The van der Waals surface area contributed by atoms with E-state index in [9.17, 15) is 4.79 Å². The van der Waals surface area contributed by atoms with E-state index in [-0.39, 0.29) is 5.91 Å². The minimum atomic E-state index is 0.0636. The molecule has 0 aromatic carbocycles. The number of carbonyl (C=O) groups excluding carboxylic acids is 1. The summed E-state index contributed by atoms with van der Waals surface area (Å²) < 4.78 is 1.79. The van der Waals surface area contributed by atoms with Gasteiger partial charge in [0.1, 0.15) is 0 Å². The van der Waals surface area contributed by atoms with Gasteiger partial charge in [0.25, 0.3) is 5.91 Å². The molecule has 2 aliphatic rings. The molecule has 3 rings (SSSR count). The standard InChI is InChI=1S/C12H18N4O/c1-15-6-5-14-11(15)12(17)16-7-9-3-2-4-13-10(9)8-16/h5-6,9-10,13H,2-4,7-8H2,1H3/t9-,10+/m0/s1. The number of rotatable bonds is 1. The highest BCUT2D eigenvalue weighted by Crippen LogP contribution is 2.25. The van der Waals surface area contributed by atoms with E-state index in [1.54, 1.807) is 10.8 Å². The van der Waals surface area contributed by atoms with Crippen molar-refractivity contribution in [1.29, 1.82) is 0 Å². The Balaban J connectivity index is 1.74.